The van der Waals surface area contributed by atoms with Gasteiger partial charge in [-0.2, -0.15) is 0 Å². The maximum atomic E-state index is 13.1. The number of benzene rings is 1. The van der Waals surface area contributed by atoms with Gasteiger partial charge in [0.2, 0.25) is 5.91 Å². The maximum absolute atomic E-state index is 13.1. The third-order valence-electron chi connectivity index (χ3n) is 5.40. The summed E-state index contributed by atoms with van der Waals surface area (Å²) in [6, 6.07) is 11.9. The molecule has 3 rings (SSSR count). The van der Waals surface area contributed by atoms with E-state index in [9.17, 15) is 4.79 Å². The molecule has 0 saturated heterocycles. The minimum atomic E-state index is -0.389. The summed E-state index contributed by atoms with van der Waals surface area (Å²) >= 11 is 0. The first kappa shape index (κ1) is 21.7. The van der Waals surface area contributed by atoms with E-state index in [1.807, 2.05) is 30.5 Å². The number of carbonyl (C=O) groups is 1. The Kier molecular flexibility index (Phi) is 7.69. The Hall–Kier alpha value is -3.05. The molecule has 2 heterocycles. The van der Waals surface area contributed by atoms with Crippen LogP contribution in [0.2, 0.25) is 0 Å². The molecule has 0 aliphatic carbocycles. The number of hydrogen-bond acceptors (Lipinski definition) is 4. The van der Waals surface area contributed by atoms with Gasteiger partial charge in [-0.3, -0.25) is 14.8 Å². The van der Waals surface area contributed by atoms with Gasteiger partial charge in [-0.05, 0) is 85.2 Å². The van der Waals surface area contributed by atoms with Crippen LogP contribution >= 0.6 is 0 Å². The van der Waals surface area contributed by atoms with Gasteiger partial charge < -0.3 is 10.6 Å². The van der Waals surface area contributed by atoms with Gasteiger partial charge in [0.05, 0.1) is 0 Å². The lowest BCUT2D eigenvalue weighted by molar-refractivity contribution is -0.123. The molecule has 0 spiro atoms. The van der Waals surface area contributed by atoms with Gasteiger partial charge in [0.1, 0.15) is 6.04 Å². The van der Waals surface area contributed by atoms with Crippen LogP contribution < -0.4 is 10.6 Å². The molecule has 1 aromatic carbocycles. The average molecular weight is 403 g/mol. The molecule has 1 unspecified atom stereocenters. The minimum absolute atomic E-state index is 0.0000262. The van der Waals surface area contributed by atoms with Crippen LogP contribution in [0.1, 0.15) is 39.4 Å². The van der Waals surface area contributed by atoms with Crippen LogP contribution in [0.25, 0.3) is 0 Å². The zero-order valence-corrected chi connectivity index (χ0v) is 18.0. The number of carbonyl (C=O) groups excluding carboxylic acids is 1. The van der Waals surface area contributed by atoms with Gasteiger partial charge >= 0.3 is 0 Å². The Morgan fingerprint density at radius 1 is 0.867 bits per heavy atom. The number of nitrogens with one attached hydrogen (secondary N) is 2. The standard InChI is InChI=1S/C25H30N4O/c1-18-15-20(3)23(16-19(18)2)24(28-13-8-21-6-11-26-12-7-21)25(30)29-14-9-22-5-4-10-27-17-22/h4-7,10-12,15-17,24,28H,8-9,13-14H2,1-3H3,(H,29,30). The molecule has 3 aromatic rings. The highest BCUT2D eigenvalue weighted by Crippen LogP contribution is 2.22. The smallest absolute Gasteiger partial charge is 0.241 e. The zero-order valence-electron chi connectivity index (χ0n) is 18.0. The second-order valence-electron chi connectivity index (χ2n) is 7.69. The van der Waals surface area contributed by atoms with Crippen molar-refractivity contribution in [3.05, 3.63) is 94.6 Å². The summed E-state index contributed by atoms with van der Waals surface area (Å²) in [7, 11) is 0. The van der Waals surface area contributed by atoms with E-state index in [0.29, 0.717) is 13.1 Å². The molecular weight excluding hydrogens is 372 g/mol. The Balaban J connectivity index is 1.69. The first-order valence-electron chi connectivity index (χ1n) is 10.4. The zero-order chi connectivity index (χ0) is 21.3. The summed E-state index contributed by atoms with van der Waals surface area (Å²) < 4.78 is 0. The van der Waals surface area contributed by atoms with E-state index >= 15 is 0 Å². The number of aromatic nitrogens is 2. The Morgan fingerprint density at radius 3 is 2.33 bits per heavy atom. The van der Waals surface area contributed by atoms with Crippen LogP contribution in [0.3, 0.4) is 0 Å². The van der Waals surface area contributed by atoms with Gasteiger partial charge in [0.15, 0.2) is 0 Å². The Labute approximate surface area is 179 Å². The topological polar surface area (TPSA) is 66.9 Å². The molecule has 2 aromatic heterocycles. The first-order valence-corrected chi connectivity index (χ1v) is 10.4. The Morgan fingerprint density at radius 2 is 1.60 bits per heavy atom. The summed E-state index contributed by atoms with van der Waals surface area (Å²) in [5.41, 5.74) is 6.91. The highest BCUT2D eigenvalue weighted by atomic mass is 16.2. The third kappa shape index (κ3) is 5.97. The van der Waals surface area contributed by atoms with Gasteiger partial charge in [0, 0.05) is 37.9 Å². The largest absolute Gasteiger partial charge is 0.354 e. The molecule has 0 bridgehead atoms. The SMILES string of the molecule is Cc1cc(C)c(C(NCCc2ccncc2)C(=O)NCCc2cccnc2)cc1C. The molecule has 30 heavy (non-hydrogen) atoms. The van der Waals surface area contributed by atoms with Gasteiger partial charge in [0.25, 0.3) is 0 Å². The van der Waals surface area contributed by atoms with E-state index in [1.165, 1.54) is 16.7 Å². The van der Waals surface area contributed by atoms with E-state index in [0.717, 1.165) is 29.5 Å². The average Bonchev–Trinajstić information content (AvgIpc) is 2.75. The second-order valence-corrected chi connectivity index (χ2v) is 7.69. The van der Waals surface area contributed by atoms with Crippen molar-refractivity contribution in [1.82, 2.24) is 20.6 Å². The number of nitrogens with zero attached hydrogens (tertiary/aromatic N) is 2. The maximum Gasteiger partial charge on any atom is 0.241 e. The summed E-state index contributed by atoms with van der Waals surface area (Å²) in [5.74, 6) is -0.0000262. The van der Waals surface area contributed by atoms with Crippen LogP contribution in [0.4, 0.5) is 0 Å². The summed E-state index contributed by atoms with van der Waals surface area (Å²) in [6.07, 6.45) is 8.79. The molecule has 5 heteroatoms. The fraction of sp³-hybridized carbons (Fsp3) is 0.320. The van der Waals surface area contributed by atoms with Gasteiger partial charge in [-0.15, -0.1) is 0 Å². The highest BCUT2D eigenvalue weighted by Gasteiger charge is 2.22. The van der Waals surface area contributed by atoms with E-state index in [-0.39, 0.29) is 11.9 Å². The predicted molar refractivity (Wildman–Crippen MR) is 120 cm³/mol. The van der Waals surface area contributed by atoms with Crippen molar-refractivity contribution in [3.8, 4) is 0 Å². The van der Waals surface area contributed by atoms with Crippen molar-refractivity contribution in [1.29, 1.82) is 0 Å². The lowest BCUT2D eigenvalue weighted by Crippen LogP contribution is -2.39. The van der Waals surface area contributed by atoms with Crippen molar-refractivity contribution in [3.63, 3.8) is 0 Å². The van der Waals surface area contributed by atoms with Crippen molar-refractivity contribution in [2.24, 2.45) is 0 Å². The van der Waals surface area contributed by atoms with E-state index in [1.54, 1.807) is 18.6 Å². The highest BCUT2D eigenvalue weighted by molar-refractivity contribution is 5.83. The fourth-order valence-electron chi connectivity index (χ4n) is 3.53. The van der Waals surface area contributed by atoms with Gasteiger partial charge in [-0.1, -0.05) is 18.2 Å². The molecule has 1 atom stereocenters. The van der Waals surface area contributed by atoms with E-state index < -0.39 is 0 Å². The van der Waals surface area contributed by atoms with Crippen LogP contribution in [0, 0.1) is 20.8 Å². The fourth-order valence-corrected chi connectivity index (χ4v) is 3.53. The number of pyridine rings is 2. The van der Waals surface area contributed by atoms with Crippen molar-refractivity contribution >= 4 is 5.91 Å². The normalized spacial score (nSPS) is 11.8. The minimum Gasteiger partial charge on any atom is -0.354 e. The van der Waals surface area contributed by atoms with Crippen molar-refractivity contribution in [2.45, 2.75) is 39.7 Å². The summed E-state index contributed by atoms with van der Waals surface area (Å²) in [6.45, 7) is 7.55. The van der Waals surface area contributed by atoms with Gasteiger partial charge in [-0.25, -0.2) is 0 Å². The van der Waals surface area contributed by atoms with Crippen molar-refractivity contribution in [2.75, 3.05) is 13.1 Å². The molecular formula is C25H30N4O. The molecule has 0 aliphatic rings. The van der Waals surface area contributed by atoms with E-state index in [2.05, 4.69) is 53.5 Å². The van der Waals surface area contributed by atoms with Crippen LogP contribution in [0.5, 0.6) is 0 Å². The third-order valence-corrected chi connectivity index (χ3v) is 5.40. The first-order chi connectivity index (χ1) is 14.5. The molecule has 1 amide bonds. The van der Waals surface area contributed by atoms with Crippen molar-refractivity contribution < 1.29 is 4.79 Å². The number of aryl methyl sites for hydroxylation is 3. The quantitative estimate of drug-likeness (QED) is 0.574. The summed E-state index contributed by atoms with van der Waals surface area (Å²) in [5, 5.41) is 6.58. The van der Waals surface area contributed by atoms with Crippen LogP contribution in [-0.4, -0.2) is 29.0 Å². The number of rotatable bonds is 9. The molecule has 0 saturated carbocycles. The molecule has 5 nitrogen and oxygen atoms in total. The number of amides is 1. The molecule has 0 aliphatic heterocycles. The Bertz CT molecular complexity index is 958. The molecule has 156 valence electrons. The molecule has 2 N–H and O–H groups in total. The van der Waals surface area contributed by atoms with Crippen LogP contribution in [0.15, 0.2) is 61.2 Å². The lowest BCUT2D eigenvalue weighted by atomic mass is 9.95. The summed E-state index contributed by atoms with van der Waals surface area (Å²) in [4.78, 5) is 21.3. The number of hydrogen-bond donors (Lipinski definition) is 2. The molecule has 0 radical (unpaired) electrons. The monoisotopic (exact) mass is 402 g/mol. The second kappa shape index (κ2) is 10.6. The van der Waals surface area contributed by atoms with Crippen LogP contribution in [-0.2, 0) is 17.6 Å². The predicted octanol–water partition coefficient (Wildman–Crippen LogP) is 3.63. The molecule has 0 fully saturated rings. The lowest BCUT2D eigenvalue weighted by Gasteiger charge is -2.22. The van der Waals surface area contributed by atoms with E-state index in [4.69, 9.17) is 0 Å².